The minimum atomic E-state index is -2.74. The van der Waals surface area contributed by atoms with Crippen LogP contribution in [-0.4, -0.2) is 29.8 Å². The van der Waals surface area contributed by atoms with Gasteiger partial charge in [-0.25, -0.2) is 23.5 Å². The van der Waals surface area contributed by atoms with Crippen LogP contribution in [0.5, 0.6) is 6.01 Å². The molecule has 0 saturated carbocycles. The Morgan fingerprint density at radius 2 is 1.92 bits per heavy atom. The summed E-state index contributed by atoms with van der Waals surface area (Å²) in [5.41, 5.74) is -0.538. The average molecular weight is 334 g/mol. The fourth-order valence-electron chi connectivity index (χ4n) is 2.11. The van der Waals surface area contributed by atoms with Crippen LogP contribution in [0.25, 0.3) is 5.69 Å². The first-order valence-electron chi connectivity index (χ1n) is 6.87. The molecule has 0 amide bonds. The standard InChI is InChI=1S/C14H12F2N6O2/c1-21-14(23)22(20-19-21)11-5-2-4-9(12(15)16)10(11)8-24-13-17-6-3-7-18-13/h2-7,12H,8H2,1H3. The monoisotopic (exact) mass is 334 g/mol. The molecular weight excluding hydrogens is 322 g/mol. The summed E-state index contributed by atoms with van der Waals surface area (Å²) < 4.78 is 34.0. The van der Waals surface area contributed by atoms with E-state index in [0.29, 0.717) is 0 Å². The summed E-state index contributed by atoms with van der Waals surface area (Å²) in [6.07, 6.45) is 0.192. The van der Waals surface area contributed by atoms with E-state index in [1.807, 2.05) is 0 Å². The van der Waals surface area contributed by atoms with Gasteiger partial charge >= 0.3 is 11.7 Å². The minimum Gasteiger partial charge on any atom is -0.458 e. The first-order chi connectivity index (χ1) is 11.6. The second kappa shape index (κ2) is 6.52. The van der Waals surface area contributed by atoms with Gasteiger partial charge in [-0.05, 0) is 22.6 Å². The maximum atomic E-state index is 13.3. The Labute approximate surface area is 134 Å². The van der Waals surface area contributed by atoms with E-state index in [9.17, 15) is 13.6 Å². The number of hydrogen-bond donors (Lipinski definition) is 0. The molecule has 2 aromatic heterocycles. The van der Waals surface area contributed by atoms with Crippen molar-refractivity contribution in [2.24, 2.45) is 7.05 Å². The third-order valence-electron chi connectivity index (χ3n) is 3.26. The van der Waals surface area contributed by atoms with Crippen molar-refractivity contribution in [3.8, 4) is 11.7 Å². The van der Waals surface area contributed by atoms with Crippen LogP contribution in [0.2, 0.25) is 0 Å². The summed E-state index contributed by atoms with van der Waals surface area (Å²) in [5.74, 6) is 0. The zero-order chi connectivity index (χ0) is 17.1. The molecule has 0 aliphatic carbocycles. The first-order valence-corrected chi connectivity index (χ1v) is 6.87. The molecule has 0 N–H and O–H groups in total. The van der Waals surface area contributed by atoms with Gasteiger partial charge in [0.2, 0.25) is 0 Å². The number of ether oxygens (including phenoxy) is 1. The lowest BCUT2D eigenvalue weighted by molar-refractivity contribution is 0.147. The third-order valence-corrected chi connectivity index (χ3v) is 3.26. The molecule has 0 bridgehead atoms. The summed E-state index contributed by atoms with van der Waals surface area (Å²) in [4.78, 5) is 19.8. The number of nitrogens with zero attached hydrogens (tertiary/aromatic N) is 6. The van der Waals surface area contributed by atoms with E-state index in [0.717, 1.165) is 9.36 Å². The number of alkyl halides is 2. The van der Waals surface area contributed by atoms with Gasteiger partial charge < -0.3 is 4.74 Å². The van der Waals surface area contributed by atoms with Crippen molar-refractivity contribution >= 4 is 0 Å². The molecule has 0 spiro atoms. The van der Waals surface area contributed by atoms with Crippen LogP contribution in [0, 0.1) is 0 Å². The number of hydrogen-bond acceptors (Lipinski definition) is 6. The second-order valence-electron chi connectivity index (χ2n) is 4.76. The van der Waals surface area contributed by atoms with Crippen LogP contribution in [0.3, 0.4) is 0 Å². The van der Waals surface area contributed by atoms with Gasteiger partial charge in [-0.3, -0.25) is 0 Å². The summed E-state index contributed by atoms with van der Waals surface area (Å²) in [7, 11) is 1.41. The van der Waals surface area contributed by atoms with Gasteiger partial charge in [0, 0.05) is 30.6 Å². The van der Waals surface area contributed by atoms with Crippen LogP contribution in [0.15, 0.2) is 41.5 Å². The van der Waals surface area contributed by atoms with Gasteiger partial charge in [-0.15, -0.1) is 0 Å². The van der Waals surface area contributed by atoms with Crippen LogP contribution >= 0.6 is 0 Å². The topological polar surface area (TPSA) is 87.7 Å². The largest absolute Gasteiger partial charge is 0.458 e. The average Bonchev–Trinajstić information content (AvgIpc) is 2.92. The van der Waals surface area contributed by atoms with Gasteiger partial charge in [-0.2, -0.15) is 9.36 Å². The van der Waals surface area contributed by atoms with Crippen molar-refractivity contribution in [1.29, 1.82) is 0 Å². The Balaban J connectivity index is 2.04. The van der Waals surface area contributed by atoms with Crippen molar-refractivity contribution in [3.63, 3.8) is 0 Å². The number of rotatable bonds is 5. The molecule has 1 aromatic carbocycles. The Hall–Kier alpha value is -3.17. The van der Waals surface area contributed by atoms with Crippen LogP contribution in [0.1, 0.15) is 17.6 Å². The molecule has 8 nitrogen and oxygen atoms in total. The SMILES string of the molecule is Cn1nnn(-c2cccc(C(F)F)c2COc2ncccn2)c1=O. The molecule has 0 fully saturated rings. The molecule has 0 aliphatic rings. The summed E-state index contributed by atoms with van der Waals surface area (Å²) in [6.45, 7) is -0.247. The molecule has 124 valence electrons. The molecular formula is C14H12F2N6O2. The predicted octanol–water partition coefficient (Wildman–Crippen LogP) is 1.27. The fraction of sp³-hybridized carbons (Fsp3) is 0.214. The number of halogens is 2. The Kier molecular flexibility index (Phi) is 4.27. The van der Waals surface area contributed by atoms with E-state index < -0.39 is 12.1 Å². The molecule has 24 heavy (non-hydrogen) atoms. The van der Waals surface area contributed by atoms with Gasteiger partial charge in [-0.1, -0.05) is 12.1 Å². The van der Waals surface area contributed by atoms with E-state index in [1.165, 1.54) is 37.6 Å². The lowest BCUT2D eigenvalue weighted by Crippen LogP contribution is -2.23. The summed E-state index contributed by atoms with van der Waals surface area (Å²) in [6, 6.07) is 5.82. The predicted molar refractivity (Wildman–Crippen MR) is 77.9 cm³/mol. The number of aromatic nitrogens is 6. The third kappa shape index (κ3) is 2.98. The van der Waals surface area contributed by atoms with Crippen molar-refractivity contribution in [2.45, 2.75) is 13.0 Å². The van der Waals surface area contributed by atoms with Gasteiger partial charge in [0.25, 0.3) is 6.43 Å². The highest BCUT2D eigenvalue weighted by molar-refractivity contribution is 5.45. The first kappa shape index (κ1) is 15.7. The zero-order valence-electron chi connectivity index (χ0n) is 12.5. The smallest absolute Gasteiger partial charge is 0.368 e. The van der Waals surface area contributed by atoms with Crippen molar-refractivity contribution in [2.75, 3.05) is 0 Å². The van der Waals surface area contributed by atoms with E-state index in [2.05, 4.69) is 20.4 Å². The van der Waals surface area contributed by atoms with E-state index in [-0.39, 0.29) is 29.4 Å². The molecule has 0 aliphatic heterocycles. The second-order valence-corrected chi connectivity index (χ2v) is 4.76. The summed E-state index contributed by atoms with van der Waals surface area (Å²) in [5, 5.41) is 7.28. The molecule has 0 unspecified atom stereocenters. The van der Waals surface area contributed by atoms with Gasteiger partial charge in [0.15, 0.2) is 0 Å². The normalized spacial score (nSPS) is 11.0. The van der Waals surface area contributed by atoms with E-state index in [1.54, 1.807) is 6.07 Å². The van der Waals surface area contributed by atoms with Crippen molar-refractivity contribution in [3.05, 3.63) is 58.3 Å². The van der Waals surface area contributed by atoms with Crippen LogP contribution in [0.4, 0.5) is 8.78 Å². The highest BCUT2D eigenvalue weighted by atomic mass is 19.3. The lowest BCUT2D eigenvalue weighted by Gasteiger charge is -2.13. The number of benzene rings is 1. The molecule has 0 radical (unpaired) electrons. The number of tetrazole rings is 1. The van der Waals surface area contributed by atoms with E-state index in [4.69, 9.17) is 4.74 Å². The summed E-state index contributed by atoms with van der Waals surface area (Å²) >= 11 is 0. The highest BCUT2D eigenvalue weighted by Crippen LogP contribution is 2.27. The van der Waals surface area contributed by atoms with E-state index >= 15 is 0 Å². The minimum absolute atomic E-state index is 0.0408. The van der Waals surface area contributed by atoms with Crippen LogP contribution in [-0.2, 0) is 13.7 Å². The Morgan fingerprint density at radius 3 is 2.54 bits per heavy atom. The Bertz CT molecular complexity index is 894. The lowest BCUT2D eigenvalue weighted by atomic mass is 10.1. The number of aryl methyl sites for hydroxylation is 1. The zero-order valence-corrected chi connectivity index (χ0v) is 12.5. The molecule has 0 saturated heterocycles. The maximum Gasteiger partial charge on any atom is 0.368 e. The van der Waals surface area contributed by atoms with Gasteiger partial charge in [0.1, 0.15) is 6.61 Å². The molecule has 10 heteroatoms. The molecule has 0 atom stereocenters. The highest BCUT2D eigenvalue weighted by Gasteiger charge is 2.20. The quantitative estimate of drug-likeness (QED) is 0.698. The van der Waals surface area contributed by atoms with Gasteiger partial charge in [0.05, 0.1) is 5.69 Å². The fourth-order valence-corrected chi connectivity index (χ4v) is 2.11. The maximum absolute atomic E-state index is 13.3. The van der Waals surface area contributed by atoms with Crippen molar-refractivity contribution in [1.82, 2.24) is 29.8 Å². The Morgan fingerprint density at radius 1 is 1.17 bits per heavy atom. The van der Waals surface area contributed by atoms with Crippen LogP contribution < -0.4 is 10.4 Å². The molecule has 2 heterocycles. The molecule has 3 aromatic rings. The molecule has 3 rings (SSSR count). The van der Waals surface area contributed by atoms with Crippen molar-refractivity contribution < 1.29 is 13.5 Å².